The van der Waals surface area contributed by atoms with Crippen molar-refractivity contribution in [2.24, 2.45) is 0 Å². The van der Waals surface area contributed by atoms with Gasteiger partial charge >= 0.3 is 6.09 Å². The summed E-state index contributed by atoms with van der Waals surface area (Å²) in [5.74, 6) is -0.736. The number of rotatable bonds is 9. The van der Waals surface area contributed by atoms with Crippen molar-refractivity contribution in [3.05, 3.63) is 65.2 Å². The van der Waals surface area contributed by atoms with Gasteiger partial charge in [-0.1, -0.05) is 36.4 Å². The van der Waals surface area contributed by atoms with Crippen LogP contribution in [-0.2, 0) is 27.2 Å². The summed E-state index contributed by atoms with van der Waals surface area (Å²) < 4.78 is 4.75. The van der Waals surface area contributed by atoms with Gasteiger partial charge in [-0.15, -0.1) is 0 Å². The van der Waals surface area contributed by atoms with Crippen LogP contribution < -0.4 is 21.7 Å². The Kier molecular flexibility index (Phi) is 9.93. The molecule has 212 valence electrons. The Morgan fingerprint density at radius 1 is 1.00 bits per heavy atom. The molecule has 3 unspecified atom stereocenters. The van der Waals surface area contributed by atoms with Gasteiger partial charge in [0.25, 0.3) is 0 Å². The molecule has 9 heteroatoms. The van der Waals surface area contributed by atoms with E-state index >= 15 is 0 Å². The number of nitrogens with one attached hydrogen (secondary N) is 3. The van der Waals surface area contributed by atoms with Crippen LogP contribution in [0.15, 0.2) is 48.5 Å². The number of alkyl carbamates (subject to hydrolysis) is 1. The van der Waals surface area contributed by atoms with Crippen LogP contribution in [0.5, 0.6) is 0 Å². The Hall–Kier alpha value is -3.20. The minimum Gasteiger partial charge on any atom is -0.444 e. The Balaban J connectivity index is 1.85. The normalized spacial score (nSPS) is 16.8. The van der Waals surface area contributed by atoms with E-state index in [4.69, 9.17) is 10.5 Å². The van der Waals surface area contributed by atoms with Gasteiger partial charge in [0, 0.05) is 16.9 Å². The lowest BCUT2D eigenvalue weighted by molar-refractivity contribution is -0.130. The maximum Gasteiger partial charge on any atom is 0.408 e. The predicted molar refractivity (Wildman–Crippen MR) is 158 cm³/mol. The van der Waals surface area contributed by atoms with Crippen molar-refractivity contribution in [2.45, 2.75) is 88.8 Å². The first-order valence-corrected chi connectivity index (χ1v) is 14.6. The van der Waals surface area contributed by atoms with E-state index in [9.17, 15) is 14.4 Å². The van der Waals surface area contributed by atoms with E-state index in [0.29, 0.717) is 5.69 Å². The van der Waals surface area contributed by atoms with Gasteiger partial charge in [-0.25, -0.2) is 4.79 Å². The number of aryl methyl sites for hydroxylation is 1. The Bertz CT molecular complexity index is 1160. The Morgan fingerprint density at radius 3 is 2.31 bits per heavy atom. The average molecular weight is 555 g/mol. The zero-order valence-electron chi connectivity index (χ0n) is 23.8. The topological polar surface area (TPSA) is 123 Å². The van der Waals surface area contributed by atoms with Crippen molar-refractivity contribution in [3.63, 3.8) is 0 Å². The maximum atomic E-state index is 13.7. The van der Waals surface area contributed by atoms with Crippen LogP contribution in [0.4, 0.5) is 10.5 Å². The quantitative estimate of drug-likeness (QED) is 0.338. The number of amides is 3. The number of nitrogens with two attached hydrogens (primary N) is 1. The van der Waals surface area contributed by atoms with Crippen LogP contribution in [0.2, 0.25) is 0 Å². The molecule has 0 fully saturated rings. The van der Waals surface area contributed by atoms with E-state index in [2.05, 4.69) is 28.1 Å². The van der Waals surface area contributed by atoms with Gasteiger partial charge in [0.05, 0.1) is 6.04 Å². The summed E-state index contributed by atoms with van der Waals surface area (Å²) >= 11 is 1.44. The molecule has 0 radical (unpaired) electrons. The molecule has 3 rings (SSSR count). The molecule has 0 heterocycles. The van der Waals surface area contributed by atoms with Gasteiger partial charge in [-0.05, 0) is 89.0 Å². The first kappa shape index (κ1) is 30.3. The van der Waals surface area contributed by atoms with E-state index < -0.39 is 34.4 Å². The number of ether oxygens (including phenoxy) is 1. The zero-order chi connectivity index (χ0) is 28.8. The standard InChI is InChI=1S/C30H42N4O4S/c1-29(2,3)38-28(37)34-25(30(4,5)39-6)27(36)33-24(18-19-14-16-21(31)17-15-19)26(35)32-23-13-9-11-20-10-7-8-12-22(20)23/h7-8,10,12,14-17,23-25H,9,11,13,18,31H2,1-6H3,(H,32,35)(H,33,36)(H,34,37). The van der Waals surface area contributed by atoms with Crippen LogP contribution in [0, 0.1) is 0 Å². The van der Waals surface area contributed by atoms with E-state index in [1.807, 2.05) is 44.4 Å². The molecular weight excluding hydrogens is 512 g/mol. The largest absolute Gasteiger partial charge is 0.444 e. The molecular formula is C30H42N4O4S. The molecule has 0 saturated heterocycles. The Morgan fingerprint density at radius 2 is 1.67 bits per heavy atom. The van der Waals surface area contributed by atoms with Crippen LogP contribution in [-0.4, -0.2) is 46.6 Å². The number of benzene rings is 2. The van der Waals surface area contributed by atoms with E-state index in [1.54, 1.807) is 32.9 Å². The lowest BCUT2D eigenvalue weighted by Crippen LogP contribution is -2.60. The lowest BCUT2D eigenvalue weighted by atomic mass is 9.87. The summed E-state index contributed by atoms with van der Waals surface area (Å²) in [5.41, 5.74) is 8.96. The van der Waals surface area contributed by atoms with E-state index in [-0.39, 0.29) is 18.4 Å². The maximum absolute atomic E-state index is 13.7. The van der Waals surface area contributed by atoms with Gasteiger partial charge in [0.1, 0.15) is 17.7 Å². The summed E-state index contributed by atoms with van der Waals surface area (Å²) in [4.78, 5) is 40.1. The molecule has 8 nitrogen and oxygen atoms in total. The molecule has 0 bridgehead atoms. The summed E-state index contributed by atoms with van der Waals surface area (Å²) in [6.07, 6.45) is 4.23. The highest BCUT2D eigenvalue weighted by molar-refractivity contribution is 8.00. The average Bonchev–Trinajstić information content (AvgIpc) is 2.87. The number of nitrogen functional groups attached to an aromatic ring is 1. The number of carbonyl (C=O) groups is 3. The van der Waals surface area contributed by atoms with Gasteiger partial charge < -0.3 is 26.4 Å². The third kappa shape index (κ3) is 8.65. The molecule has 39 heavy (non-hydrogen) atoms. The van der Waals surface area contributed by atoms with E-state index in [1.165, 1.54) is 17.3 Å². The smallest absolute Gasteiger partial charge is 0.408 e. The highest BCUT2D eigenvalue weighted by atomic mass is 32.2. The van der Waals surface area contributed by atoms with Crippen LogP contribution in [0.3, 0.4) is 0 Å². The molecule has 3 atom stereocenters. The summed E-state index contributed by atoms with van der Waals surface area (Å²) in [6.45, 7) is 9.02. The van der Waals surface area contributed by atoms with Crippen LogP contribution in [0.25, 0.3) is 0 Å². The summed E-state index contributed by atoms with van der Waals surface area (Å²) in [5, 5.41) is 8.85. The minimum absolute atomic E-state index is 0.133. The first-order valence-electron chi connectivity index (χ1n) is 13.4. The Labute approximate surface area is 236 Å². The number of thioether (sulfide) groups is 1. The van der Waals surface area contributed by atoms with Crippen LogP contribution in [0.1, 0.15) is 70.2 Å². The number of hydrogen-bond acceptors (Lipinski definition) is 6. The predicted octanol–water partition coefficient (Wildman–Crippen LogP) is 4.52. The molecule has 0 spiro atoms. The molecule has 0 aromatic heterocycles. The molecule has 1 aliphatic carbocycles. The van der Waals surface area contributed by atoms with Gasteiger partial charge in [-0.2, -0.15) is 11.8 Å². The van der Waals surface area contributed by atoms with Crippen LogP contribution >= 0.6 is 11.8 Å². The van der Waals surface area contributed by atoms with Crippen molar-refractivity contribution in [1.29, 1.82) is 0 Å². The minimum atomic E-state index is -0.945. The number of anilines is 1. The molecule has 0 saturated carbocycles. The third-order valence-electron chi connectivity index (χ3n) is 6.88. The lowest BCUT2D eigenvalue weighted by Gasteiger charge is -2.34. The fourth-order valence-electron chi connectivity index (χ4n) is 4.63. The second-order valence-electron chi connectivity index (χ2n) is 11.5. The molecule has 2 aromatic carbocycles. The summed E-state index contributed by atoms with van der Waals surface area (Å²) in [7, 11) is 0. The zero-order valence-corrected chi connectivity index (χ0v) is 24.6. The monoisotopic (exact) mass is 554 g/mol. The van der Waals surface area contributed by atoms with Crippen molar-refractivity contribution >= 4 is 35.4 Å². The second kappa shape index (κ2) is 12.8. The van der Waals surface area contributed by atoms with Crippen molar-refractivity contribution in [2.75, 3.05) is 12.0 Å². The highest BCUT2D eigenvalue weighted by Gasteiger charge is 2.39. The summed E-state index contributed by atoms with van der Waals surface area (Å²) in [6, 6.07) is 13.4. The fraction of sp³-hybridized carbons (Fsp3) is 0.500. The third-order valence-corrected chi connectivity index (χ3v) is 8.17. The molecule has 3 amide bonds. The van der Waals surface area contributed by atoms with Gasteiger partial charge in [0.15, 0.2) is 0 Å². The first-order chi connectivity index (χ1) is 18.3. The van der Waals surface area contributed by atoms with Crippen molar-refractivity contribution in [1.82, 2.24) is 16.0 Å². The highest BCUT2D eigenvalue weighted by Crippen LogP contribution is 2.30. The van der Waals surface area contributed by atoms with Gasteiger partial charge in [-0.3, -0.25) is 9.59 Å². The fourth-order valence-corrected chi connectivity index (χ4v) is 5.03. The second-order valence-corrected chi connectivity index (χ2v) is 13.0. The van der Waals surface area contributed by atoms with Crippen molar-refractivity contribution < 1.29 is 19.1 Å². The SMILES string of the molecule is CSC(C)(C)C(NC(=O)OC(C)(C)C)C(=O)NC(Cc1ccc(N)cc1)C(=O)NC1CCCc2ccccc21. The number of hydrogen-bond donors (Lipinski definition) is 4. The number of carbonyl (C=O) groups excluding carboxylic acids is 3. The molecule has 2 aromatic rings. The molecule has 1 aliphatic rings. The van der Waals surface area contributed by atoms with Crippen molar-refractivity contribution in [3.8, 4) is 0 Å². The molecule has 0 aliphatic heterocycles. The number of fused-ring (bicyclic) bond motifs is 1. The molecule has 5 N–H and O–H groups in total. The van der Waals surface area contributed by atoms with Gasteiger partial charge in [0.2, 0.25) is 11.8 Å². The van der Waals surface area contributed by atoms with E-state index in [0.717, 1.165) is 30.4 Å².